The number of hydrogen-bond donors (Lipinski definition) is 2. The van der Waals surface area contributed by atoms with E-state index in [2.05, 4.69) is 49.8 Å². The standard InChI is InChI=1S/C22H23N5O/c28-22(26-15-17-6-9-23-10-7-17)19-8-11-25-21(14-19)27-13-12-24-20(16-27)18-4-2-1-3-5-18/h1-11,14,20,24H,12-13,15-16H2,(H,26,28). The van der Waals surface area contributed by atoms with Gasteiger partial charge in [-0.1, -0.05) is 30.3 Å². The van der Waals surface area contributed by atoms with Gasteiger partial charge in [-0.25, -0.2) is 4.98 Å². The highest BCUT2D eigenvalue weighted by Gasteiger charge is 2.22. The highest BCUT2D eigenvalue weighted by Crippen LogP contribution is 2.21. The molecule has 2 aromatic heterocycles. The lowest BCUT2D eigenvalue weighted by Crippen LogP contribution is -2.46. The van der Waals surface area contributed by atoms with E-state index in [1.807, 2.05) is 24.3 Å². The van der Waals surface area contributed by atoms with Crippen LogP contribution in [0, 0.1) is 0 Å². The van der Waals surface area contributed by atoms with Crippen LogP contribution in [0.3, 0.4) is 0 Å². The van der Waals surface area contributed by atoms with E-state index in [1.165, 1.54) is 5.56 Å². The van der Waals surface area contributed by atoms with Gasteiger partial charge in [0.1, 0.15) is 5.82 Å². The third-order valence-corrected chi connectivity index (χ3v) is 4.91. The molecule has 0 radical (unpaired) electrons. The number of carbonyl (C=O) groups excluding carboxylic acids is 1. The molecular formula is C22H23N5O. The van der Waals surface area contributed by atoms with Crippen LogP contribution in [0.25, 0.3) is 0 Å². The highest BCUT2D eigenvalue weighted by molar-refractivity contribution is 5.94. The Balaban J connectivity index is 1.43. The molecule has 3 aromatic rings. The number of rotatable bonds is 5. The topological polar surface area (TPSA) is 70.2 Å². The molecule has 1 amide bonds. The zero-order chi connectivity index (χ0) is 19.2. The summed E-state index contributed by atoms with van der Waals surface area (Å²) in [6.45, 7) is 3.03. The molecule has 6 heteroatoms. The Labute approximate surface area is 164 Å². The van der Waals surface area contributed by atoms with Crippen LogP contribution in [-0.4, -0.2) is 35.5 Å². The average Bonchev–Trinajstić information content (AvgIpc) is 2.79. The van der Waals surface area contributed by atoms with Gasteiger partial charge in [0, 0.05) is 56.4 Å². The van der Waals surface area contributed by atoms with Gasteiger partial charge in [-0.15, -0.1) is 0 Å². The Morgan fingerprint density at radius 1 is 1.11 bits per heavy atom. The van der Waals surface area contributed by atoms with Gasteiger partial charge in [-0.3, -0.25) is 9.78 Å². The summed E-state index contributed by atoms with van der Waals surface area (Å²) in [7, 11) is 0. The minimum Gasteiger partial charge on any atom is -0.353 e. The molecule has 0 aliphatic carbocycles. The van der Waals surface area contributed by atoms with Gasteiger partial charge >= 0.3 is 0 Å². The lowest BCUT2D eigenvalue weighted by atomic mass is 10.0. The fourth-order valence-electron chi connectivity index (χ4n) is 3.38. The maximum absolute atomic E-state index is 12.6. The number of nitrogens with zero attached hydrogens (tertiary/aromatic N) is 3. The Morgan fingerprint density at radius 2 is 1.93 bits per heavy atom. The fourth-order valence-corrected chi connectivity index (χ4v) is 3.38. The predicted molar refractivity (Wildman–Crippen MR) is 109 cm³/mol. The van der Waals surface area contributed by atoms with Crippen LogP contribution >= 0.6 is 0 Å². The molecule has 4 rings (SSSR count). The number of anilines is 1. The minimum atomic E-state index is -0.102. The van der Waals surface area contributed by atoms with E-state index >= 15 is 0 Å². The summed E-state index contributed by atoms with van der Waals surface area (Å²) in [6, 6.07) is 18.1. The fraction of sp³-hybridized carbons (Fsp3) is 0.227. The quantitative estimate of drug-likeness (QED) is 0.719. The molecule has 6 nitrogen and oxygen atoms in total. The summed E-state index contributed by atoms with van der Waals surface area (Å²) in [4.78, 5) is 23.3. The largest absolute Gasteiger partial charge is 0.353 e. The van der Waals surface area contributed by atoms with Crippen LogP contribution in [0.15, 0.2) is 73.2 Å². The number of nitrogens with one attached hydrogen (secondary N) is 2. The van der Waals surface area contributed by atoms with E-state index in [9.17, 15) is 4.79 Å². The summed E-state index contributed by atoms with van der Waals surface area (Å²) in [6.07, 6.45) is 5.15. The van der Waals surface area contributed by atoms with E-state index in [-0.39, 0.29) is 11.9 Å². The summed E-state index contributed by atoms with van der Waals surface area (Å²) in [5, 5.41) is 6.51. The van der Waals surface area contributed by atoms with Gasteiger partial charge in [-0.05, 0) is 35.4 Å². The molecule has 28 heavy (non-hydrogen) atoms. The Hall–Kier alpha value is -3.25. The van der Waals surface area contributed by atoms with Crippen LogP contribution in [-0.2, 0) is 6.54 Å². The highest BCUT2D eigenvalue weighted by atomic mass is 16.1. The zero-order valence-electron chi connectivity index (χ0n) is 15.6. The summed E-state index contributed by atoms with van der Waals surface area (Å²) in [5.41, 5.74) is 2.90. The van der Waals surface area contributed by atoms with E-state index in [0.717, 1.165) is 31.0 Å². The zero-order valence-corrected chi connectivity index (χ0v) is 15.6. The van der Waals surface area contributed by atoms with Crippen molar-refractivity contribution in [2.24, 2.45) is 0 Å². The van der Waals surface area contributed by atoms with Crippen LogP contribution in [0.5, 0.6) is 0 Å². The first-order valence-corrected chi connectivity index (χ1v) is 9.46. The smallest absolute Gasteiger partial charge is 0.251 e. The number of amides is 1. The Bertz CT molecular complexity index is 916. The molecule has 2 N–H and O–H groups in total. The maximum Gasteiger partial charge on any atom is 0.251 e. The second-order valence-corrected chi connectivity index (χ2v) is 6.80. The Kier molecular flexibility index (Phi) is 5.58. The van der Waals surface area contributed by atoms with Crippen molar-refractivity contribution < 1.29 is 4.79 Å². The van der Waals surface area contributed by atoms with Gasteiger partial charge in [0.05, 0.1) is 0 Å². The molecule has 142 valence electrons. The third kappa shape index (κ3) is 4.35. The summed E-state index contributed by atoms with van der Waals surface area (Å²) >= 11 is 0. The molecule has 0 saturated carbocycles. The van der Waals surface area contributed by atoms with Crippen LogP contribution < -0.4 is 15.5 Å². The predicted octanol–water partition coefficient (Wildman–Crippen LogP) is 2.56. The molecule has 1 aromatic carbocycles. The molecule has 1 atom stereocenters. The van der Waals surface area contributed by atoms with Crippen LogP contribution in [0.4, 0.5) is 5.82 Å². The van der Waals surface area contributed by atoms with Gasteiger partial charge in [0.15, 0.2) is 0 Å². The molecule has 3 heterocycles. The van der Waals surface area contributed by atoms with Crippen molar-refractivity contribution in [3.63, 3.8) is 0 Å². The van der Waals surface area contributed by atoms with E-state index in [4.69, 9.17) is 0 Å². The first kappa shape index (κ1) is 18.1. The molecule has 1 saturated heterocycles. The van der Waals surface area contributed by atoms with Gasteiger partial charge in [-0.2, -0.15) is 0 Å². The monoisotopic (exact) mass is 373 g/mol. The number of hydrogen-bond acceptors (Lipinski definition) is 5. The molecule has 1 aliphatic rings. The molecular weight excluding hydrogens is 350 g/mol. The number of aromatic nitrogens is 2. The maximum atomic E-state index is 12.6. The number of carbonyl (C=O) groups is 1. The summed E-state index contributed by atoms with van der Waals surface area (Å²) in [5.74, 6) is 0.731. The molecule has 0 spiro atoms. The number of piperazine rings is 1. The minimum absolute atomic E-state index is 0.102. The van der Waals surface area contributed by atoms with Crippen molar-refractivity contribution >= 4 is 11.7 Å². The van der Waals surface area contributed by atoms with Gasteiger partial charge in [0.25, 0.3) is 5.91 Å². The number of benzene rings is 1. The first-order chi connectivity index (χ1) is 13.8. The van der Waals surface area contributed by atoms with E-state index in [0.29, 0.717) is 12.1 Å². The lowest BCUT2D eigenvalue weighted by molar-refractivity contribution is 0.0951. The van der Waals surface area contributed by atoms with Crippen molar-refractivity contribution in [2.45, 2.75) is 12.6 Å². The van der Waals surface area contributed by atoms with E-state index < -0.39 is 0 Å². The normalized spacial score (nSPS) is 16.6. The second-order valence-electron chi connectivity index (χ2n) is 6.80. The van der Waals surface area contributed by atoms with Crippen molar-refractivity contribution in [1.82, 2.24) is 20.6 Å². The van der Waals surface area contributed by atoms with Crippen molar-refractivity contribution in [3.8, 4) is 0 Å². The summed E-state index contributed by atoms with van der Waals surface area (Å²) < 4.78 is 0. The molecule has 1 unspecified atom stereocenters. The lowest BCUT2D eigenvalue weighted by Gasteiger charge is -2.34. The first-order valence-electron chi connectivity index (χ1n) is 9.46. The molecule has 0 bridgehead atoms. The van der Waals surface area contributed by atoms with Crippen molar-refractivity contribution in [3.05, 3.63) is 89.9 Å². The van der Waals surface area contributed by atoms with Crippen LogP contribution in [0.2, 0.25) is 0 Å². The Morgan fingerprint density at radius 3 is 2.75 bits per heavy atom. The van der Waals surface area contributed by atoms with Crippen molar-refractivity contribution in [1.29, 1.82) is 0 Å². The van der Waals surface area contributed by atoms with E-state index in [1.54, 1.807) is 24.7 Å². The van der Waals surface area contributed by atoms with Crippen molar-refractivity contribution in [2.75, 3.05) is 24.5 Å². The third-order valence-electron chi connectivity index (χ3n) is 4.91. The van der Waals surface area contributed by atoms with Gasteiger partial charge < -0.3 is 15.5 Å². The average molecular weight is 373 g/mol. The molecule has 1 fully saturated rings. The van der Waals surface area contributed by atoms with Gasteiger partial charge in [0.2, 0.25) is 0 Å². The SMILES string of the molecule is O=C(NCc1ccncc1)c1ccnc(N2CCNC(c3ccccc3)C2)c1. The second kappa shape index (κ2) is 8.63. The van der Waals surface area contributed by atoms with Crippen LogP contribution in [0.1, 0.15) is 27.5 Å². The number of pyridine rings is 2. The molecule has 1 aliphatic heterocycles.